The highest BCUT2D eigenvalue weighted by Crippen LogP contribution is 2.47. The first-order valence-corrected chi connectivity index (χ1v) is 7.35. The first-order valence-electron chi connectivity index (χ1n) is 6.36. The highest BCUT2D eigenvalue weighted by atomic mass is 32.2. The van der Waals surface area contributed by atoms with Crippen molar-refractivity contribution in [2.75, 3.05) is 5.75 Å². The van der Waals surface area contributed by atoms with Gasteiger partial charge in [-0.3, -0.25) is 9.59 Å². The van der Waals surface area contributed by atoms with Crippen LogP contribution in [-0.2, 0) is 16.1 Å². The van der Waals surface area contributed by atoms with Crippen molar-refractivity contribution in [3.05, 3.63) is 24.2 Å². The van der Waals surface area contributed by atoms with Crippen molar-refractivity contribution in [1.29, 1.82) is 0 Å². The van der Waals surface area contributed by atoms with Crippen LogP contribution in [0.25, 0.3) is 0 Å². The Balaban J connectivity index is 1.66. The summed E-state index contributed by atoms with van der Waals surface area (Å²) in [5.41, 5.74) is 0. The fraction of sp³-hybridized carbons (Fsp3) is 0.538. The van der Waals surface area contributed by atoms with Gasteiger partial charge in [0.05, 0.1) is 17.7 Å². The van der Waals surface area contributed by atoms with E-state index in [-0.39, 0.29) is 22.7 Å². The van der Waals surface area contributed by atoms with E-state index in [0.29, 0.717) is 18.7 Å². The second-order valence-corrected chi connectivity index (χ2v) is 6.56. The lowest BCUT2D eigenvalue weighted by Crippen LogP contribution is -2.49. The van der Waals surface area contributed by atoms with E-state index in [1.54, 1.807) is 29.0 Å². The molecular weight excluding hydrogens is 264 g/mol. The van der Waals surface area contributed by atoms with E-state index >= 15 is 0 Å². The average Bonchev–Trinajstić information content (AvgIpc) is 3.06. The Morgan fingerprint density at radius 2 is 2.53 bits per heavy atom. The maximum atomic E-state index is 12.2. The van der Waals surface area contributed by atoms with Gasteiger partial charge >= 0.3 is 0 Å². The van der Waals surface area contributed by atoms with E-state index in [4.69, 9.17) is 4.42 Å². The van der Waals surface area contributed by atoms with E-state index < -0.39 is 0 Å². The van der Waals surface area contributed by atoms with Crippen LogP contribution in [-0.4, -0.2) is 33.4 Å². The number of carbonyl (C=O) groups is 2. The molecule has 3 rings (SSSR count). The number of thioether (sulfide) groups is 1. The van der Waals surface area contributed by atoms with Crippen LogP contribution in [0.15, 0.2) is 22.8 Å². The minimum absolute atomic E-state index is 0.0886. The van der Waals surface area contributed by atoms with E-state index in [9.17, 15) is 9.59 Å². The van der Waals surface area contributed by atoms with Crippen LogP contribution in [0.5, 0.6) is 0 Å². The summed E-state index contributed by atoms with van der Waals surface area (Å²) in [7, 11) is 0. The summed E-state index contributed by atoms with van der Waals surface area (Å²) in [6.07, 6.45) is 2.96. The van der Waals surface area contributed by atoms with Gasteiger partial charge in [-0.05, 0) is 25.5 Å². The summed E-state index contributed by atoms with van der Waals surface area (Å²) in [4.78, 5) is 25.7. The number of carbonyl (C=O) groups excluding carboxylic acids is 2. The first kappa shape index (κ1) is 12.6. The molecule has 19 heavy (non-hydrogen) atoms. The number of rotatable bonds is 3. The molecule has 0 unspecified atom stereocenters. The molecule has 1 aromatic rings. The van der Waals surface area contributed by atoms with Crippen molar-refractivity contribution in [3.8, 4) is 0 Å². The van der Waals surface area contributed by atoms with E-state index in [1.807, 2.05) is 13.0 Å². The predicted octanol–water partition coefficient (Wildman–Crippen LogP) is 1.35. The lowest BCUT2D eigenvalue weighted by atomic mass is 10.2. The lowest BCUT2D eigenvalue weighted by molar-refractivity contribution is -0.138. The molecule has 102 valence electrons. The highest BCUT2D eigenvalue weighted by molar-refractivity contribution is 8.01. The molecule has 3 heterocycles. The van der Waals surface area contributed by atoms with Crippen LogP contribution in [0.1, 0.15) is 25.5 Å². The second kappa shape index (κ2) is 4.59. The Kier molecular flexibility index (Phi) is 3.05. The third kappa shape index (κ3) is 2.14. The SMILES string of the molecule is C[C@@]12CCC(=O)N1[C@@H](C(=O)NCc1ccco1)CS2. The molecule has 1 aromatic heterocycles. The number of nitrogens with zero attached hydrogens (tertiary/aromatic N) is 1. The minimum Gasteiger partial charge on any atom is -0.467 e. The Labute approximate surface area is 115 Å². The monoisotopic (exact) mass is 280 g/mol. The summed E-state index contributed by atoms with van der Waals surface area (Å²) in [6.45, 7) is 2.41. The molecule has 0 radical (unpaired) electrons. The molecule has 2 amide bonds. The van der Waals surface area contributed by atoms with Gasteiger partial charge in [-0.2, -0.15) is 0 Å². The number of amides is 2. The van der Waals surface area contributed by atoms with Gasteiger partial charge in [0.15, 0.2) is 0 Å². The summed E-state index contributed by atoms with van der Waals surface area (Å²) < 4.78 is 5.17. The summed E-state index contributed by atoms with van der Waals surface area (Å²) in [6, 6.07) is 3.25. The van der Waals surface area contributed by atoms with Gasteiger partial charge in [0.25, 0.3) is 0 Å². The van der Waals surface area contributed by atoms with Crippen LogP contribution in [0.4, 0.5) is 0 Å². The molecule has 1 N–H and O–H groups in total. The Hall–Kier alpha value is -1.43. The van der Waals surface area contributed by atoms with E-state index in [1.165, 1.54) is 0 Å². The number of nitrogens with one attached hydrogen (secondary N) is 1. The number of hydrogen-bond donors (Lipinski definition) is 1. The molecule has 0 bridgehead atoms. The van der Waals surface area contributed by atoms with Crippen LogP contribution < -0.4 is 5.32 Å². The van der Waals surface area contributed by atoms with Crippen molar-refractivity contribution in [3.63, 3.8) is 0 Å². The zero-order valence-corrected chi connectivity index (χ0v) is 11.5. The van der Waals surface area contributed by atoms with Crippen molar-refractivity contribution in [2.45, 2.75) is 37.2 Å². The van der Waals surface area contributed by atoms with Crippen molar-refractivity contribution < 1.29 is 14.0 Å². The van der Waals surface area contributed by atoms with E-state index in [2.05, 4.69) is 5.32 Å². The largest absolute Gasteiger partial charge is 0.467 e. The highest BCUT2D eigenvalue weighted by Gasteiger charge is 2.52. The third-order valence-electron chi connectivity index (χ3n) is 3.76. The molecule has 0 saturated carbocycles. The van der Waals surface area contributed by atoms with Crippen molar-refractivity contribution >= 4 is 23.6 Å². The molecule has 2 saturated heterocycles. The number of hydrogen-bond acceptors (Lipinski definition) is 4. The van der Waals surface area contributed by atoms with Gasteiger partial charge in [-0.1, -0.05) is 0 Å². The van der Waals surface area contributed by atoms with Crippen molar-refractivity contribution in [1.82, 2.24) is 10.2 Å². The predicted molar refractivity (Wildman–Crippen MR) is 71.3 cm³/mol. The topological polar surface area (TPSA) is 62.6 Å². The third-order valence-corrected chi connectivity index (χ3v) is 5.27. The molecule has 6 heteroatoms. The maximum Gasteiger partial charge on any atom is 0.244 e. The van der Waals surface area contributed by atoms with Gasteiger partial charge in [-0.15, -0.1) is 11.8 Å². The van der Waals surface area contributed by atoms with Crippen LogP contribution in [0.2, 0.25) is 0 Å². The lowest BCUT2D eigenvalue weighted by Gasteiger charge is -2.29. The van der Waals surface area contributed by atoms with Gasteiger partial charge in [0.1, 0.15) is 11.8 Å². The second-order valence-electron chi connectivity index (χ2n) is 5.06. The standard InChI is InChI=1S/C13H16N2O3S/c1-13-5-4-11(16)15(13)10(8-19-13)12(17)14-7-9-3-2-6-18-9/h2-3,6,10H,4-5,7-8H2,1H3,(H,14,17)/t10-,13-/m1/s1. The molecule has 2 aliphatic heterocycles. The number of fused-ring (bicyclic) bond motifs is 1. The molecular formula is C13H16N2O3S. The van der Waals surface area contributed by atoms with E-state index in [0.717, 1.165) is 12.2 Å². The molecule has 5 nitrogen and oxygen atoms in total. The normalized spacial score (nSPS) is 29.6. The quantitative estimate of drug-likeness (QED) is 0.908. The first-order chi connectivity index (χ1) is 9.10. The van der Waals surface area contributed by atoms with Crippen LogP contribution >= 0.6 is 11.8 Å². The molecule has 0 aliphatic carbocycles. The Bertz CT molecular complexity index is 502. The van der Waals surface area contributed by atoms with Crippen LogP contribution in [0, 0.1) is 0 Å². The maximum absolute atomic E-state index is 12.2. The van der Waals surface area contributed by atoms with Gasteiger partial charge < -0.3 is 14.6 Å². The zero-order valence-electron chi connectivity index (χ0n) is 10.7. The summed E-state index contributed by atoms with van der Waals surface area (Å²) >= 11 is 1.70. The van der Waals surface area contributed by atoms with Crippen LogP contribution in [0.3, 0.4) is 0 Å². The summed E-state index contributed by atoms with van der Waals surface area (Å²) in [5.74, 6) is 1.38. The molecule has 0 aromatic carbocycles. The minimum atomic E-state index is -0.347. The Morgan fingerprint density at radius 1 is 1.68 bits per heavy atom. The van der Waals surface area contributed by atoms with Crippen molar-refractivity contribution in [2.24, 2.45) is 0 Å². The fourth-order valence-electron chi connectivity index (χ4n) is 2.72. The van der Waals surface area contributed by atoms with Gasteiger partial charge in [-0.25, -0.2) is 0 Å². The smallest absolute Gasteiger partial charge is 0.244 e. The molecule has 2 fully saturated rings. The number of furan rings is 1. The van der Waals surface area contributed by atoms with Gasteiger partial charge in [0.2, 0.25) is 11.8 Å². The Morgan fingerprint density at radius 3 is 3.26 bits per heavy atom. The van der Waals surface area contributed by atoms with Gasteiger partial charge in [0, 0.05) is 12.2 Å². The zero-order chi connectivity index (χ0) is 13.5. The average molecular weight is 280 g/mol. The fourth-order valence-corrected chi connectivity index (χ4v) is 4.15. The molecule has 0 spiro atoms. The summed E-state index contributed by atoms with van der Waals surface area (Å²) in [5, 5.41) is 2.84. The molecule has 2 atom stereocenters. The molecule has 2 aliphatic rings.